The number of amidine groups is 1. The molecule has 6 aromatic rings. The van der Waals surface area contributed by atoms with Gasteiger partial charge in [-0.1, -0.05) is 34.4 Å². The summed E-state index contributed by atoms with van der Waals surface area (Å²) in [5.74, 6) is 0.0993. The lowest BCUT2D eigenvalue weighted by Gasteiger charge is -2.34. The van der Waals surface area contributed by atoms with Crippen LogP contribution in [0.3, 0.4) is 0 Å². The number of ether oxygens (including phenoxy) is 1. The molecular formula is C41H43Cl2N7O4. The fourth-order valence-corrected chi connectivity index (χ4v) is 8.17. The van der Waals surface area contributed by atoms with E-state index >= 15 is 4.79 Å². The molecule has 0 fully saturated rings. The summed E-state index contributed by atoms with van der Waals surface area (Å²) in [7, 11) is 3.84. The van der Waals surface area contributed by atoms with Crippen LogP contribution in [0.25, 0.3) is 32.9 Å². The van der Waals surface area contributed by atoms with Gasteiger partial charge in [0, 0.05) is 71.0 Å². The highest BCUT2D eigenvalue weighted by Crippen LogP contribution is 2.45. The van der Waals surface area contributed by atoms with Crippen molar-refractivity contribution in [3.63, 3.8) is 0 Å². The largest absolute Gasteiger partial charge is 0.494 e. The summed E-state index contributed by atoms with van der Waals surface area (Å²) >= 11 is 13.5. The molecule has 4 heterocycles. The van der Waals surface area contributed by atoms with E-state index in [1.165, 1.54) is 6.92 Å². The zero-order valence-corrected chi connectivity index (χ0v) is 33.2. The molecule has 0 spiro atoms. The first-order chi connectivity index (χ1) is 25.7. The SMILES string of the molecule is CC(N)=NOC(=O)c1ccc2c(c1)c(N1C[C@@H](C)n3c(c(CCCOc4cc(C)c(Cl)c(C)c4)c4ccc(Cl)c(-c5c(C)nn(C)c5C)c43)C1=O)cn2C. The number of nitrogens with zero attached hydrogens (tertiary/aromatic N) is 6. The number of anilines is 1. The maximum absolute atomic E-state index is 15.1. The summed E-state index contributed by atoms with van der Waals surface area (Å²) in [5, 5.41) is 11.4. The van der Waals surface area contributed by atoms with Gasteiger partial charge >= 0.3 is 5.97 Å². The quantitative estimate of drug-likeness (QED) is 0.0516. The van der Waals surface area contributed by atoms with Crippen molar-refractivity contribution in [3.8, 4) is 16.9 Å². The maximum Gasteiger partial charge on any atom is 0.365 e. The molecule has 2 N–H and O–H groups in total. The van der Waals surface area contributed by atoms with Crippen LogP contribution >= 0.6 is 23.2 Å². The number of fused-ring (bicyclic) bond motifs is 4. The molecule has 7 rings (SSSR count). The van der Waals surface area contributed by atoms with Gasteiger partial charge in [0.25, 0.3) is 5.91 Å². The predicted molar refractivity (Wildman–Crippen MR) is 215 cm³/mol. The van der Waals surface area contributed by atoms with Crippen LogP contribution in [0.5, 0.6) is 5.75 Å². The van der Waals surface area contributed by atoms with E-state index in [1.54, 1.807) is 12.1 Å². The van der Waals surface area contributed by atoms with Crippen LogP contribution < -0.4 is 15.4 Å². The molecule has 54 heavy (non-hydrogen) atoms. The summed E-state index contributed by atoms with van der Waals surface area (Å²) in [6, 6.07) is 12.9. The summed E-state index contributed by atoms with van der Waals surface area (Å²) in [6.45, 7) is 12.4. The smallest absolute Gasteiger partial charge is 0.365 e. The first-order valence-corrected chi connectivity index (χ1v) is 18.6. The van der Waals surface area contributed by atoms with Gasteiger partial charge in [0.15, 0.2) is 0 Å². The van der Waals surface area contributed by atoms with Crippen molar-refractivity contribution in [2.24, 2.45) is 25.0 Å². The molecule has 0 unspecified atom stereocenters. The molecule has 3 aromatic heterocycles. The molecule has 1 aliphatic heterocycles. The van der Waals surface area contributed by atoms with Gasteiger partial charge in [-0.3, -0.25) is 9.48 Å². The summed E-state index contributed by atoms with van der Waals surface area (Å²) < 4.78 is 12.2. The number of aromatic nitrogens is 4. The Balaban J connectivity index is 1.35. The lowest BCUT2D eigenvalue weighted by Crippen LogP contribution is -2.42. The number of rotatable bonds is 9. The van der Waals surface area contributed by atoms with E-state index in [4.69, 9.17) is 43.6 Å². The van der Waals surface area contributed by atoms with Gasteiger partial charge in [0.2, 0.25) is 0 Å². The standard InChI is InChI=1S/C41H43Cl2N7O4/c1-21-16-28(17-22(2)37(21)43)53-15-9-10-29-30-12-13-32(42)36(35-24(4)45-48(8)25(35)5)38(30)50-23(3)19-49(40(51)39(29)50)34-20-47(7)33-14-11-27(18-31(33)34)41(52)54-46-26(6)44/h11-14,16-18,20,23H,9-10,15,19H2,1-8H3,(H2,44,46)/t23-/m1/s1. The fraction of sp³-hybridized carbons (Fsp3) is 0.317. The molecule has 280 valence electrons. The molecule has 11 nitrogen and oxygen atoms in total. The average Bonchev–Trinajstić information content (AvgIpc) is 3.73. The molecule has 0 radical (unpaired) electrons. The van der Waals surface area contributed by atoms with Gasteiger partial charge in [0.1, 0.15) is 17.3 Å². The Hall–Kier alpha value is -5.26. The Kier molecular flexibility index (Phi) is 9.74. The number of amides is 1. The van der Waals surface area contributed by atoms with Gasteiger partial charge in [-0.25, -0.2) is 4.79 Å². The predicted octanol–water partition coefficient (Wildman–Crippen LogP) is 8.76. The molecule has 13 heteroatoms. The van der Waals surface area contributed by atoms with Gasteiger partial charge in [-0.2, -0.15) is 5.10 Å². The number of oxime groups is 1. The number of hydrogen-bond acceptors (Lipinski definition) is 6. The molecule has 3 aromatic carbocycles. The monoisotopic (exact) mass is 767 g/mol. The second-order valence-corrected chi connectivity index (χ2v) is 15.0. The van der Waals surface area contributed by atoms with Gasteiger partial charge in [-0.15, -0.1) is 0 Å². The minimum absolute atomic E-state index is 0.129. The highest BCUT2D eigenvalue weighted by Gasteiger charge is 2.37. The summed E-state index contributed by atoms with van der Waals surface area (Å²) in [5.41, 5.74) is 15.4. The summed E-state index contributed by atoms with van der Waals surface area (Å²) in [4.78, 5) is 34.9. The number of carbonyl (C=O) groups is 2. The van der Waals surface area contributed by atoms with Crippen molar-refractivity contribution in [2.45, 2.75) is 60.4 Å². The Morgan fingerprint density at radius 1 is 1.02 bits per heavy atom. The minimum atomic E-state index is -0.645. The van der Waals surface area contributed by atoms with Crippen LogP contribution in [0.4, 0.5) is 5.69 Å². The number of carbonyl (C=O) groups excluding carboxylic acids is 2. The number of benzene rings is 3. The normalized spacial score (nSPS) is 14.7. The molecule has 1 amide bonds. The highest BCUT2D eigenvalue weighted by atomic mass is 35.5. The molecule has 1 atom stereocenters. The van der Waals surface area contributed by atoms with Crippen molar-refractivity contribution in [2.75, 3.05) is 18.1 Å². The van der Waals surface area contributed by atoms with Crippen LogP contribution in [0.15, 0.2) is 53.8 Å². The lowest BCUT2D eigenvalue weighted by atomic mass is 9.98. The number of halogens is 2. The van der Waals surface area contributed by atoms with Crippen LogP contribution in [0.2, 0.25) is 10.0 Å². The third-order valence-corrected chi connectivity index (χ3v) is 11.2. The van der Waals surface area contributed by atoms with Crippen molar-refractivity contribution in [1.29, 1.82) is 0 Å². The molecule has 0 saturated heterocycles. The van der Waals surface area contributed by atoms with E-state index in [1.807, 2.05) is 92.5 Å². The zero-order valence-electron chi connectivity index (χ0n) is 31.7. The fourth-order valence-electron chi connectivity index (χ4n) is 7.82. The topological polar surface area (TPSA) is 122 Å². The van der Waals surface area contributed by atoms with Crippen molar-refractivity contribution < 1.29 is 19.2 Å². The van der Waals surface area contributed by atoms with Crippen LogP contribution in [0.1, 0.15) is 75.2 Å². The van der Waals surface area contributed by atoms with E-state index in [2.05, 4.69) is 16.6 Å². The molecule has 0 saturated carbocycles. The van der Waals surface area contributed by atoms with Crippen molar-refractivity contribution in [3.05, 3.63) is 98.0 Å². The number of aryl methyl sites for hydroxylation is 6. The molecular weight excluding hydrogens is 725 g/mol. The number of nitrogens with two attached hydrogens (primary N) is 1. The Morgan fingerprint density at radius 2 is 1.74 bits per heavy atom. The lowest BCUT2D eigenvalue weighted by molar-refractivity contribution is 0.0515. The molecule has 1 aliphatic rings. The Bertz CT molecular complexity index is 2520. The van der Waals surface area contributed by atoms with E-state index < -0.39 is 5.97 Å². The maximum atomic E-state index is 15.1. The average molecular weight is 769 g/mol. The van der Waals surface area contributed by atoms with Crippen LogP contribution in [-0.4, -0.2) is 49.8 Å². The first kappa shape index (κ1) is 37.1. The summed E-state index contributed by atoms with van der Waals surface area (Å²) in [6.07, 6.45) is 3.16. The van der Waals surface area contributed by atoms with Gasteiger partial charge in [-0.05, 0) is 107 Å². The molecule has 0 aliphatic carbocycles. The number of hydrogen-bond donors (Lipinski definition) is 1. The second-order valence-electron chi connectivity index (χ2n) is 14.2. The third kappa shape index (κ3) is 6.28. The minimum Gasteiger partial charge on any atom is -0.494 e. The van der Waals surface area contributed by atoms with E-state index in [0.717, 1.165) is 71.8 Å². The second kappa shape index (κ2) is 14.2. The van der Waals surface area contributed by atoms with E-state index in [0.29, 0.717) is 48.0 Å². The first-order valence-electron chi connectivity index (χ1n) is 17.9. The zero-order chi connectivity index (χ0) is 38.7. The highest BCUT2D eigenvalue weighted by molar-refractivity contribution is 6.35. The van der Waals surface area contributed by atoms with Crippen LogP contribution in [0, 0.1) is 27.7 Å². The molecule has 0 bridgehead atoms. The van der Waals surface area contributed by atoms with E-state index in [9.17, 15) is 4.79 Å². The Labute approximate surface area is 323 Å². The van der Waals surface area contributed by atoms with Crippen LogP contribution in [-0.2, 0) is 25.4 Å². The van der Waals surface area contributed by atoms with E-state index in [-0.39, 0.29) is 17.8 Å². The Morgan fingerprint density at radius 3 is 2.41 bits per heavy atom. The van der Waals surface area contributed by atoms with Gasteiger partial charge < -0.3 is 29.3 Å². The third-order valence-electron chi connectivity index (χ3n) is 10.3. The van der Waals surface area contributed by atoms with Crippen molar-refractivity contribution in [1.82, 2.24) is 18.9 Å². The van der Waals surface area contributed by atoms with Crippen molar-refractivity contribution >= 4 is 68.4 Å². The van der Waals surface area contributed by atoms with Gasteiger partial charge in [0.05, 0.1) is 34.1 Å².